The summed E-state index contributed by atoms with van der Waals surface area (Å²) in [6.45, 7) is -0.0968. The second kappa shape index (κ2) is 2.86. The Balaban J connectivity index is 2.64. The number of aliphatic carboxylic acids is 1. The van der Waals surface area contributed by atoms with Gasteiger partial charge in [0.25, 0.3) is 0 Å². The molecule has 0 aromatic carbocycles. The largest absolute Gasteiger partial charge is 0.480 e. The number of carboxylic acids is 1. The molecule has 0 radical (unpaired) electrons. The molecule has 1 aliphatic heterocycles. The number of likely N-dealkylation sites (tertiary alicyclic amines) is 1. The van der Waals surface area contributed by atoms with Crippen LogP contribution in [0.5, 0.6) is 0 Å². The average molecular weight is 161 g/mol. The summed E-state index contributed by atoms with van der Waals surface area (Å²) in [5, 5.41) is 8.47. The minimum Gasteiger partial charge on any atom is -0.480 e. The maximum atomic E-state index is 12.5. The summed E-state index contributed by atoms with van der Waals surface area (Å²) in [6.07, 6.45) is -0.909. The SMILES string of the molecule is O=CN1C[C@H](F)C[C@H]1C(=O)O. The van der Waals surface area contributed by atoms with E-state index in [9.17, 15) is 14.0 Å². The number of hydrogen-bond donors (Lipinski definition) is 1. The van der Waals surface area contributed by atoms with E-state index in [1.54, 1.807) is 0 Å². The molecule has 1 N–H and O–H groups in total. The highest BCUT2D eigenvalue weighted by atomic mass is 19.1. The van der Waals surface area contributed by atoms with Crippen molar-refractivity contribution in [3.8, 4) is 0 Å². The zero-order valence-corrected chi connectivity index (χ0v) is 5.74. The van der Waals surface area contributed by atoms with Gasteiger partial charge >= 0.3 is 5.97 Å². The zero-order valence-electron chi connectivity index (χ0n) is 5.74. The number of rotatable bonds is 2. The van der Waals surface area contributed by atoms with Gasteiger partial charge in [-0.3, -0.25) is 4.79 Å². The summed E-state index contributed by atoms with van der Waals surface area (Å²) in [7, 11) is 0. The highest BCUT2D eigenvalue weighted by Crippen LogP contribution is 2.18. The molecular formula is C6H8FNO3. The lowest BCUT2D eigenvalue weighted by Crippen LogP contribution is -2.34. The van der Waals surface area contributed by atoms with Crippen molar-refractivity contribution in [1.82, 2.24) is 4.90 Å². The molecule has 0 unspecified atom stereocenters. The van der Waals surface area contributed by atoms with Crippen LogP contribution in [0.2, 0.25) is 0 Å². The van der Waals surface area contributed by atoms with Crippen LogP contribution in [0.1, 0.15) is 6.42 Å². The molecule has 2 atom stereocenters. The standard InChI is InChI=1S/C6H8FNO3/c7-4-1-5(6(10)11)8(2-4)3-9/h3-5H,1-2H2,(H,10,11)/t4-,5+/m1/s1. The number of hydrogen-bond acceptors (Lipinski definition) is 2. The number of nitrogens with zero attached hydrogens (tertiary/aromatic N) is 1. The van der Waals surface area contributed by atoms with Gasteiger partial charge in [-0.1, -0.05) is 0 Å². The first-order valence-corrected chi connectivity index (χ1v) is 3.23. The van der Waals surface area contributed by atoms with Gasteiger partial charge in [0.15, 0.2) is 0 Å². The Hall–Kier alpha value is -1.13. The second-order valence-corrected chi connectivity index (χ2v) is 2.49. The number of amides is 1. The number of carboxylic acid groups (broad SMARTS) is 1. The van der Waals surface area contributed by atoms with E-state index in [4.69, 9.17) is 5.11 Å². The van der Waals surface area contributed by atoms with Crippen LogP contribution in [-0.4, -0.2) is 41.1 Å². The van der Waals surface area contributed by atoms with Crippen LogP contribution in [0.3, 0.4) is 0 Å². The molecule has 1 saturated heterocycles. The van der Waals surface area contributed by atoms with E-state index >= 15 is 0 Å². The number of carbonyl (C=O) groups excluding carboxylic acids is 1. The summed E-state index contributed by atoms with van der Waals surface area (Å²) >= 11 is 0. The molecule has 5 heteroatoms. The van der Waals surface area contributed by atoms with Gasteiger partial charge in [-0.05, 0) is 0 Å². The number of alkyl halides is 1. The van der Waals surface area contributed by atoms with E-state index in [1.165, 1.54) is 0 Å². The normalized spacial score (nSPS) is 30.5. The second-order valence-electron chi connectivity index (χ2n) is 2.49. The Kier molecular flexibility index (Phi) is 2.07. The van der Waals surface area contributed by atoms with Crippen molar-refractivity contribution in [2.24, 2.45) is 0 Å². The van der Waals surface area contributed by atoms with Gasteiger partial charge in [-0.25, -0.2) is 9.18 Å². The van der Waals surface area contributed by atoms with Crippen molar-refractivity contribution < 1.29 is 19.1 Å². The highest BCUT2D eigenvalue weighted by molar-refractivity contribution is 5.77. The molecule has 1 heterocycles. The van der Waals surface area contributed by atoms with Crippen LogP contribution in [0.25, 0.3) is 0 Å². The first-order valence-electron chi connectivity index (χ1n) is 3.23. The quantitative estimate of drug-likeness (QED) is 0.562. The molecular weight excluding hydrogens is 153 g/mol. The molecule has 0 spiro atoms. The van der Waals surface area contributed by atoms with Gasteiger partial charge in [0.05, 0.1) is 6.54 Å². The minimum atomic E-state index is -1.19. The Labute approximate surface area is 62.6 Å². The summed E-state index contributed by atoms with van der Waals surface area (Å²) in [5.41, 5.74) is 0. The van der Waals surface area contributed by atoms with Crippen molar-refractivity contribution in [2.45, 2.75) is 18.6 Å². The molecule has 4 nitrogen and oxygen atoms in total. The van der Waals surface area contributed by atoms with E-state index in [-0.39, 0.29) is 13.0 Å². The monoisotopic (exact) mass is 161 g/mol. The average Bonchev–Trinajstić information content (AvgIpc) is 2.30. The lowest BCUT2D eigenvalue weighted by Gasteiger charge is -2.13. The van der Waals surface area contributed by atoms with Crippen LogP contribution in [0.15, 0.2) is 0 Å². The van der Waals surface area contributed by atoms with Crippen LogP contribution in [0.4, 0.5) is 4.39 Å². The zero-order chi connectivity index (χ0) is 8.43. The number of carbonyl (C=O) groups is 2. The predicted octanol–water partition coefficient (Wildman–Crippen LogP) is -0.360. The van der Waals surface area contributed by atoms with Crippen molar-refractivity contribution in [3.05, 3.63) is 0 Å². The lowest BCUT2D eigenvalue weighted by molar-refractivity contribution is -0.144. The van der Waals surface area contributed by atoms with Gasteiger partial charge in [-0.2, -0.15) is 0 Å². The van der Waals surface area contributed by atoms with Gasteiger partial charge in [0, 0.05) is 6.42 Å². The predicted molar refractivity (Wildman–Crippen MR) is 33.7 cm³/mol. The molecule has 0 aromatic heterocycles. The first-order chi connectivity index (χ1) is 5.15. The van der Waals surface area contributed by atoms with Gasteiger partial charge in [0.2, 0.25) is 6.41 Å². The van der Waals surface area contributed by atoms with Crippen molar-refractivity contribution in [1.29, 1.82) is 0 Å². The summed E-state index contributed by atoms with van der Waals surface area (Å²) in [4.78, 5) is 21.5. The fourth-order valence-corrected chi connectivity index (χ4v) is 1.17. The fraction of sp³-hybridized carbons (Fsp3) is 0.667. The Morgan fingerprint density at radius 2 is 2.36 bits per heavy atom. The molecule has 11 heavy (non-hydrogen) atoms. The van der Waals surface area contributed by atoms with Crippen LogP contribution in [-0.2, 0) is 9.59 Å². The van der Waals surface area contributed by atoms with Gasteiger partial charge in [-0.15, -0.1) is 0 Å². The van der Waals surface area contributed by atoms with E-state index in [2.05, 4.69) is 0 Å². The maximum Gasteiger partial charge on any atom is 0.326 e. The summed E-state index contributed by atoms with van der Waals surface area (Å²) in [5.74, 6) is -1.14. The molecule has 0 bridgehead atoms. The third kappa shape index (κ3) is 1.47. The molecule has 62 valence electrons. The third-order valence-corrected chi connectivity index (χ3v) is 1.71. The molecule has 0 saturated carbocycles. The van der Waals surface area contributed by atoms with E-state index in [1.807, 2.05) is 0 Å². The Morgan fingerprint density at radius 1 is 1.73 bits per heavy atom. The van der Waals surface area contributed by atoms with Gasteiger partial charge in [0.1, 0.15) is 12.2 Å². The van der Waals surface area contributed by atoms with Crippen molar-refractivity contribution in [3.63, 3.8) is 0 Å². The number of halogens is 1. The van der Waals surface area contributed by atoms with E-state index in [0.29, 0.717) is 6.41 Å². The molecule has 1 fully saturated rings. The fourth-order valence-electron chi connectivity index (χ4n) is 1.17. The molecule has 1 aliphatic rings. The van der Waals surface area contributed by atoms with Crippen LogP contribution in [0, 0.1) is 0 Å². The Morgan fingerprint density at radius 3 is 2.73 bits per heavy atom. The summed E-state index contributed by atoms with van der Waals surface area (Å²) < 4.78 is 12.5. The summed E-state index contributed by atoms with van der Waals surface area (Å²) in [6, 6.07) is -0.970. The topological polar surface area (TPSA) is 57.6 Å². The highest BCUT2D eigenvalue weighted by Gasteiger charge is 2.35. The van der Waals surface area contributed by atoms with Crippen molar-refractivity contribution in [2.75, 3.05) is 6.54 Å². The molecule has 1 rings (SSSR count). The van der Waals surface area contributed by atoms with Crippen LogP contribution >= 0.6 is 0 Å². The molecule has 0 aliphatic carbocycles. The van der Waals surface area contributed by atoms with Crippen molar-refractivity contribution >= 4 is 12.4 Å². The molecule has 1 amide bonds. The smallest absolute Gasteiger partial charge is 0.326 e. The van der Waals surface area contributed by atoms with Gasteiger partial charge < -0.3 is 10.0 Å². The Bertz CT molecular complexity index is 185. The van der Waals surface area contributed by atoms with E-state index < -0.39 is 18.2 Å². The molecule has 0 aromatic rings. The first kappa shape index (κ1) is 7.97. The third-order valence-electron chi connectivity index (χ3n) is 1.71. The van der Waals surface area contributed by atoms with Crippen LogP contribution < -0.4 is 0 Å². The lowest BCUT2D eigenvalue weighted by atomic mass is 10.2. The minimum absolute atomic E-state index is 0.0892. The maximum absolute atomic E-state index is 12.5. The van der Waals surface area contributed by atoms with E-state index in [0.717, 1.165) is 4.90 Å².